The molecule has 1 aromatic heterocycles. The van der Waals surface area contributed by atoms with Crippen LogP contribution in [0.2, 0.25) is 5.02 Å². The molecule has 0 amide bonds. The Hall–Kier alpha value is -1.52. The number of aromatic amines is 1. The molecule has 17 heavy (non-hydrogen) atoms. The first kappa shape index (κ1) is 12.0. The molecule has 6 heteroatoms. The molecule has 0 saturated carbocycles. The number of benzene rings is 1. The van der Waals surface area contributed by atoms with Gasteiger partial charge in [0.15, 0.2) is 5.82 Å². The first-order valence-corrected chi connectivity index (χ1v) is 5.77. The van der Waals surface area contributed by atoms with Gasteiger partial charge in [0, 0.05) is 11.6 Å². The summed E-state index contributed by atoms with van der Waals surface area (Å²) in [6.07, 6.45) is 1.30. The van der Waals surface area contributed by atoms with Gasteiger partial charge in [-0.3, -0.25) is 4.79 Å². The van der Waals surface area contributed by atoms with Crippen molar-refractivity contribution in [2.24, 2.45) is 0 Å². The summed E-state index contributed by atoms with van der Waals surface area (Å²) in [5, 5.41) is 2.99. The van der Waals surface area contributed by atoms with Crippen LogP contribution in [0.15, 0.2) is 35.4 Å². The summed E-state index contributed by atoms with van der Waals surface area (Å²) < 4.78 is 0. The van der Waals surface area contributed by atoms with E-state index in [0.717, 1.165) is 11.3 Å². The number of H-pyrrole nitrogens is 1. The predicted molar refractivity (Wildman–Crippen MR) is 69.1 cm³/mol. The molecule has 0 atom stereocenters. The minimum atomic E-state index is -0.374. The van der Waals surface area contributed by atoms with Crippen LogP contribution >= 0.6 is 23.2 Å². The fraction of sp³-hybridized carbons (Fsp3) is 0.0909. The van der Waals surface area contributed by atoms with Gasteiger partial charge in [-0.15, -0.1) is 11.6 Å². The highest BCUT2D eigenvalue weighted by Crippen LogP contribution is 2.19. The number of halogens is 2. The standard InChI is InChI=1S/C11H9Cl2N3O/c12-5-7-1-3-8(4-2-7)16-10-9(13)11(17)15-6-14-10/h1-4,6H,5H2,(H2,14,15,16,17). The van der Waals surface area contributed by atoms with Gasteiger partial charge in [0.1, 0.15) is 5.02 Å². The maximum Gasteiger partial charge on any atom is 0.271 e. The molecule has 4 nitrogen and oxygen atoms in total. The van der Waals surface area contributed by atoms with Gasteiger partial charge in [-0.05, 0) is 17.7 Å². The molecule has 0 aliphatic heterocycles. The second kappa shape index (κ2) is 5.21. The number of hydrogen-bond acceptors (Lipinski definition) is 3. The normalized spacial score (nSPS) is 10.2. The molecule has 0 spiro atoms. The number of nitrogens with zero attached hydrogens (tertiary/aromatic N) is 1. The molecule has 0 aliphatic carbocycles. The molecule has 1 aromatic carbocycles. The monoisotopic (exact) mass is 269 g/mol. The topological polar surface area (TPSA) is 57.8 Å². The summed E-state index contributed by atoms with van der Waals surface area (Å²) >= 11 is 11.5. The molecule has 0 bridgehead atoms. The summed E-state index contributed by atoms with van der Waals surface area (Å²) in [5.41, 5.74) is 1.43. The summed E-state index contributed by atoms with van der Waals surface area (Å²) in [6.45, 7) is 0. The van der Waals surface area contributed by atoms with Crippen LogP contribution in [0.5, 0.6) is 0 Å². The van der Waals surface area contributed by atoms with Crippen molar-refractivity contribution < 1.29 is 0 Å². The van der Waals surface area contributed by atoms with Gasteiger partial charge in [0.05, 0.1) is 6.33 Å². The molecular weight excluding hydrogens is 261 g/mol. The molecule has 0 aliphatic rings. The Morgan fingerprint density at radius 3 is 2.65 bits per heavy atom. The Balaban J connectivity index is 2.25. The lowest BCUT2D eigenvalue weighted by Crippen LogP contribution is -2.09. The van der Waals surface area contributed by atoms with E-state index in [1.807, 2.05) is 24.3 Å². The van der Waals surface area contributed by atoms with E-state index in [1.165, 1.54) is 6.33 Å². The number of anilines is 2. The van der Waals surface area contributed by atoms with Gasteiger partial charge in [0.2, 0.25) is 0 Å². The summed E-state index contributed by atoms with van der Waals surface area (Å²) in [4.78, 5) is 17.6. The Morgan fingerprint density at radius 2 is 2.00 bits per heavy atom. The number of nitrogens with one attached hydrogen (secondary N) is 2. The minimum absolute atomic E-state index is 0.0360. The van der Waals surface area contributed by atoms with Gasteiger partial charge in [0.25, 0.3) is 5.56 Å². The molecule has 0 fully saturated rings. The van der Waals surface area contributed by atoms with Crippen LogP contribution in [0.1, 0.15) is 5.56 Å². The van der Waals surface area contributed by atoms with Crippen molar-refractivity contribution in [3.63, 3.8) is 0 Å². The summed E-state index contributed by atoms with van der Waals surface area (Å²) in [5.74, 6) is 0.790. The van der Waals surface area contributed by atoms with Crippen molar-refractivity contribution >= 4 is 34.7 Å². The first-order valence-electron chi connectivity index (χ1n) is 4.86. The van der Waals surface area contributed by atoms with Crippen LogP contribution in [0, 0.1) is 0 Å². The van der Waals surface area contributed by atoms with Crippen LogP contribution in [0.25, 0.3) is 0 Å². The van der Waals surface area contributed by atoms with Crippen LogP contribution in [-0.2, 0) is 5.88 Å². The van der Waals surface area contributed by atoms with Crippen LogP contribution in [-0.4, -0.2) is 9.97 Å². The average Bonchev–Trinajstić information content (AvgIpc) is 2.36. The van der Waals surface area contributed by atoms with Gasteiger partial charge in [-0.2, -0.15) is 0 Å². The van der Waals surface area contributed by atoms with E-state index < -0.39 is 0 Å². The maximum absolute atomic E-state index is 11.2. The highest BCUT2D eigenvalue weighted by atomic mass is 35.5. The molecule has 0 saturated heterocycles. The van der Waals surface area contributed by atoms with Gasteiger partial charge < -0.3 is 10.3 Å². The molecule has 0 radical (unpaired) electrons. The third kappa shape index (κ3) is 2.78. The van der Waals surface area contributed by atoms with Crippen molar-refractivity contribution in [3.8, 4) is 0 Å². The Labute approximate surface area is 108 Å². The Morgan fingerprint density at radius 1 is 1.29 bits per heavy atom. The van der Waals surface area contributed by atoms with Gasteiger partial charge >= 0.3 is 0 Å². The van der Waals surface area contributed by atoms with Crippen molar-refractivity contribution in [2.75, 3.05) is 5.32 Å². The lowest BCUT2D eigenvalue weighted by molar-refractivity contribution is 1.12. The van der Waals surface area contributed by atoms with Crippen LogP contribution in [0.3, 0.4) is 0 Å². The molecular formula is C11H9Cl2N3O. The maximum atomic E-state index is 11.2. The SMILES string of the molecule is O=c1[nH]cnc(Nc2ccc(CCl)cc2)c1Cl. The van der Waals surface area contributed by atoms with E-state index in [2.05, 4.69) is 15.3 Å². The predicted octanol–water partition coefficient (Wildman–Crippen LogP) is 2.91. The fourth-order valence-corrected chi connectivity index (χ4v) is 1.61. The molecule has 88 valence electrons. The van der Waals surface area contributed by atoms with Gasteiger partial charge in [-0.25, -0.2) is 4.98 Å². The quantitative estimate of drug-likeness (QED) is 0.843. The zero-order chi connectivity index (χ0) is 12.3. The smallest absolute Gasteiger partial charge is 0.271 e. The second-order valence-electron chi connectivity index (χ2n) is 3.35. The molecule has 2 N–H and O–H groups in total. The van der Waals surface area contributed by atoms with Crippen molar-refractivity contribution in [2.45, 2.75) is 5.88 Å². The fourth-order valence-electron chi connectivity index (χ4n) is 1.28. The molecule has 2 rings (SSSR count). The molecule has 0 unspecified atom stereocenters. The van der Waals surface area contributed by atoms with E-state index in [9.17, 15) is 4.79 Å². The minimum Gasteiger partial charge on any atom is -0.339 e. The zero-order valence-electron chi connectivity index (χ0n) is 8.71. The second-order valence-corrected chi connectivity index (χ2v) is 4.00. The Kier molecular flexibility index (Phi) is 3.66. The largest absolute Gasteiger partial charge is 0.339 e. The van der Waals surface area contributed by atoms with Crippen molar-refractivity contribution in [1.82, 2.24) is 9.97 Å². The van der Waals surface area contributed by atoms with Crippen molar-refractivity contribution in [1.29, 1.82) is 0 Å². The third-order valence-electron chi connectivity index (χ3n) is 2.17. The lowest BCUT2D eigenvalue weighted by Gasteiger charge is -2.06. The highest BCUT2D eigenvalue weighted by Gasteiger charge is 2.05. The van der Waals surface area contributed by atoms with E-state index in [4.69, 9.17) is 23.2 Å². The van der Waals surface area contributed by atoms with Crippen LogP contribution in [0.4, 0.5) is 11.5 Å². The van der Waals surface area contributed by atoms with Crippen molar-refractivity contribution in [3.05, 3.63) is 51.5 Å². The summed E-state index contributed by atoms with van der Waals surface area (Å²) in [7, 11) is 0. The lowest BCUT2D eigenvalue weighted by atomic mass is 10.2. The number of rotatable bonds is 3. The summed E-state index contributed by atoms with van der Waals surface area (Å²) in [6, 6.07) is 7.46. The molecule has 2 aromatic rings. The average molecular weight is 270 g/mol. The highest BCUT2D eigenvalue weighted by molar-refractivity contribution is 6.32. The number of aromatic nitrogens is 2. The number of alkyl halides is 1. The Bertz CT molecular complexity index is 566. The van der Waals surface area contributed by atoms with E-state index in [0.29, 0.717) is 11.7 Å². The molecule has 1 heterocycles. The van der Waals surface area contributed by atoms with E-state index >= 15 is 0 Å². The van der Waals surface area contributed by atoms with Crippen LogP contribution < -0.4 is 10.9 Å². The zero-order valence-corrected chi connectivity index (χ0v) is 10.2. The first-order chi connectivity index (χ1) is 8.20. The van der Waals surface area contributed by atoms with E-state index in [1.54, 1.807) is 0 Å². The van der Waals surface area contributed by atoms with Gasteiger partial charge in [-0.1, -0.05) is 23.7 Å². The third-order valence-corrected chi connectivity index (χ3v) is 2.83. The van der Waals surface area contributed by atoms with E-state index in [-0.39, 0.29) is 10.6 Å². The number of hydrogen-bond donors (Lipinski definition) is 2.